The second-order valence-electron chi connectivity index (χ2n) is 8.78. The summed E-state index contributed by atoms with van der Waals surface area (Å²) in [5, 5.41) is 20.1. The van der Waals surface area contributed by atoms with Crippen molar-refractivity contribution < 1.29 is 9.57 Å². The van der Waals surface area contributed by atoms with Crippen molar-refractivity contribution in [2.75, 3.05) is 0 Å². The summed E-state index contributed by atoms with van der Waals surface area (Å²) in [5.74, 6) is 1.03. The van der Waals surface area contributed by atoms with Gasteiger partial charge in [0.25, 0.3) is 6.26 Å². The van der Waals surface area contributed by atoms with Crippen LogP contribution in [0.15, 0.2) is 102 Å². The molecule has 0 N–H and O–H groups in total. The van der Waals surface area contributed by atoms with Gasteiger partial charge in [0.05, 0.1) is 0 Å². The Balaban J connectivity index is 1.44. The number of nitrogens with zero attached hydrogens (tertiary/aromatic N) is 2. The second kappa shape index (κ2) is 9.61. The van der Waals surface area contributed by atoms with Crippen LogP contribution in [0.25, 0.3) is 53.7 Å². The largest absolute Gasteiger partial charge is 0.388 e. The van der Waals surface area contributed by atoms with Crippen LogP contribution >= 0.6 is 23.2 Å². The summed E-state index contributed by atoms with van der Waals surface area (Å²) in [4.78, 5) is 4.96. The molecule has 4 nitrogen and oxygen atoms in total. The van der Waals surface area contributed by atoms with Crippen molar-refractivity contribution in [3.63, 3.8) is 0 Å². The number of fused-ring (bicyclic) bond motifs is 6. The highest BCUT2D eigenvalue weighted by atomic mass is 35.5. The highest BCUT2D eigenvalue weighted by Gasteiger charge is 2.13. The molecule has 0 spiro atoms. The van der Waals surface area contributed by atoms with Crippen molar-refractivity contribution in [1.29, 1.82) is 5.26 Å². The van der Waals surface area contributed by atoms with Gasteiger partial charge >= 0.3 is 0 Å². The van der Waals surface area contributed by atoms with Crippen molar-refractivity contribution in [1.82, 2.24) is 0 Å². The van der Waals surface area contributed by atoms with E-state index in [1.807, 2.05) is 60.7 Å². The SMILES string of the molecule is [C-]#[N+]Oc1ccc2c(ccc3cc(C(=C(Cl)Cl)c4ccc5c(ccc6cc(OC#N)ccc65)c4)ccc32)c1. The lowest BCUT2D eigenvalue weighted by Crippen LogP contribution is -1.91. The first-order valence-corrected chi connectivity index (χ1v) is 12.4. The highest BCUT2D eigenvalue weighted by molar-refractivity contribution is 6.59. The van der Waals surface area contributed by atoms with E-state index in [9.17, 15) is 0 Å². The molecule has 0 aliphatic heterocycles. The lowest BCUT2D eigenvalue weighted by Gasteiger charge is -2.13. The molecule has 0 fully saturated rings. The maximum atomic E-state index is 8.81. The Morgan fingerprint density at radius 3 is 1.55 bits per heavy atom. The number of hydrogen-bond acceptors (Lipinski definition) is 3. The first kappa shape index (κ1) is 23.6. The first-order valence-electron chi connectivity index (χ1n) is 11.6. The van der Waals surface area contributed by atoms with Gasteiger partial charge in [-0.1, -0.05) is 77.8 Å². The van der Waals surface area contributed by atoms with Crippen LogP contribution in [0.1, 0.15) is 11.1 Å². The molecule has 0 unspecified atom stereocenters. The van der Waals surface area contributed by atoms with E-state index in [0.717, 1.165) is 59.8 Å². The Morgan fingerprint density at radius 2 is 1.08 bits per heavy atom. The van der Waals surface area contributed by atoms with Gasteiger partial charge in [0.2, 0.25) is 5.75 Å². The molecule has 180 valence electrons. The Hall–Kier alpha value is -4.74. The van der Waals surface area contributed by atoms with Crippen LogP contribution in [0.5, 0.6) is 11.5 Å². The zero-order valence-electron chi connectivity index (χ0n) is 19.7. The van der Waals surface area contributed by atoms with Gasteiger partial charge in [-0.05, 0) is 102 Å². The molecule has 6 rings (SSSR count). The molecule has 0 bridgehead atoms. The molecule has 6 aromatic carbocycles. The van der Waals surface area contributed by atoms with Crippen LogP contribution in [-0.2, 0) is 0 Å². The number of rotatable bonds is 4. The van der Waals surface area contributed by atoms with Crippen LogP contribution in [0.3, 0.4) is 0 Å². The van der Waals surface area contributed by atoms with Gasteiger partial charge < -0.3 is 4.74 Å². The minimum Gasteiger partial charge on any atom is -0.388 e. The molecular formula is C32H16Cl2N2O2. The third kappa shape index (κ3) is 4.13. The molecule has 6 aromatic rings. The quantitative estimate of drug-likeness (QED) is 0.0985. The molecule has 0 heterocycles. The van der Waals surface area contributed by atoms with E-state index >= 15 is 0 Å². The van der Waals surface area contributed by atoms with Gasteiger partial charge in [-0.25, -0.2) is 0 Å². The van der Waals surface area contributed by atoms with Crippen molar-refractivity contribution in [2.24, 2.45) is 0 Å². The fraction of sp³-hybridized carbons (Fsp3) is 0. The number of halogens is 2. The minimum absolute atomic E-state index is 0.185. The summed E-state index contributed by atoms with van der Waals surface area (Å²) in [6.45, 7) is 6.91. The van der Waals surface area contributed by atoms with Gasteiger partial charge in [0.15, 0.2) is 0 Å². The number of nitriles is 1. The topological polar surface area (TPSA) is 46.6 Å². The van der Waals surface area contributed by atoms with Gasteiger partial charge in [0.1, 0.15) is 10.2 Å². The zero-order valence-corrected chi connectivity index (χ0v) is 21.2. The number of benzene rings is 6. The molecule has 0 radical (unpaired) electrons. The molecule has 38 heavy (non-hydrogen) atoms. The summed E-state index contributed by atoms with van der Waals surface area (Å²) in [6.07, 6.45) is 1.71. The second-order valence-corrected chi connectivity index (χ2v) is 9.73. The van der Waals surface area contributed by atoms with Crippen LogP contribution < -0.4 is 9.57 Å². The Kier molecular flexibility index (Phi) is 5.98. The summed E-state index contributed by atoms with van der Waals surface area (Å²) < 4.78 is 5.16. The summed E-state index contributed by atoms with van der Waals surface area (Å²) in [5.41, 5.74) is 2.56. The smallest absolute Gasteiger partial charge is 0.292 e. The van der Waals surface area contributed by atoms with Crippen LogP contribution in [0, 0.1) is 18.1 Å². The Bertz CT molecular complexity index is 1890. The fourth-order valence-corrected chi connectivity index (χ4v) is 5.46. The maximum Gasteiger partial charge on any atom is 0.292 e. The molecular weight excluding hydrogens is 515 g/mol. The van der Waals surface area contributed by atoms with Gasteiger partial charge in [-0.2, -0.15) is 11.4 Å². The maximum absolute atomic E-state index is 8.81. The van der Waals surface area contributed by atoms with E-state index in [1.54, 1.807) is 18.4 Å². The zero-order chi connectivity index (χ0) is 26.2. The molecule has 0 saturated heterocycles. The van der Waals surface area contributed by atoms with Crippen molar-refractivity contribution >= 4 is 71.9 Å². The standard InChI is InChI=1S/C32H16Cl2N2O2/c1-36-38-26-9-13-30-22(17-26)5-3-20-15-24(7-11-28(20)30)31(32(33)34)23-6-10-27-19(14-23)2-4-21-16-25(37-18-35)8-12-29(21)27/h2-17H. The molecule has 0 aliphatic carbocycles. The monoisotopic (exact) mass is 530 g/mol. The molecule has 6 heteroatoms. The molecule has 0 aromatic heterocycles. The first-order chi connectivity index (χ1) is 18.6. The van der Waals surface area contributed by atoms with E-state index in [2.05, 4.69) is 29.3 Å². The lowest BCUT2D eigenvalue weighted by molar-refractivity contribution is 0.473. The van der Waals surface area contributed by atoms with Crippen molar-refractivity contribution in [2.45, 2.75) is 0 Å². The number of ether oxygens (including phenoxy) is 1. The van der Waals surface area contributed by atoms with Gasteiger partial charge in [-0.3, -0.25) is 0 Å². The Morgan fingerprint density at radius 1 is 0.632 bits per heavy atom. The normalized spacial score (nSPS) is 10.8. The van der Waals surface area contributed by atoms with Crippen LogP contribution in [-0.4, -0.2) is 0 Å². The van der Waals surface area contributed by atoms with Gasteiger partial charge in [-0.15, -0.1) is 5.26 Å². The van der Waals surface area contributed by atoms with Crippen LogP contribution in [0.2, 0.25) is 0 Å². The van der Waals surface area contributed by atoms with E-state index in [1.165, 1.54) is 0 Å². The summed E-state index contributed by atoms with van der Waals surface area (Å²) >= 11 is 12.9. The molecule has 0 amide bonds. The predicted molar refractivity (Wildman–Crippen MR) is 154 cm³/mol. The average molecular weight is 531 g/mol. The van der Waals surface area contributed by atoms with E-state index < -0.39 is 0 Å². The lowest BCUT2D eigenvalue weighted by atomic mass is 9.92. The average Bonchev–Trinajstić information content (AvgIpc) is 2.92. The number of hydrogen-bond donors (Lipinski definition) is 0. The molecule has 0 saturated carbocycles. The summed E-state index contributed by atoms with van der Waals surface area (Å²) in [6, 6.07) is 31.6. The van der Waals surface area contributed by atoms with Crippen LogP contribution in [0.4, 0.5) is 0 Å². The highest BCUT2D eigenvalue weighted by Crippen LogP contribution is 2.37. The van der Waals surface area contributed by atoms with Crippen molar-refractivity contribution in [3.05, 3.63) is 124 Å². The third-order valence-electron chi connectivity index (χ3n) is 6.70. The third-order valence-corrected chi connectivity index (χ3v) is 7.07. The minimum atomic E-state index is 0.185. The van der Waals surface area contributed by atoms with Crippen molar-refractivity contribution in [3.8, 4) is 17.8 Å². The van der Waals surface area contributed by atoms with E-state index in [4.69, 9.17) is 44.6 Å². The van der Waals surface area contributed by atoms with E-state index in [0.29, 0.717) is 11.5 Å². The summed E-state index contributed by atoms with van der Waals surface area (Å²) in [7, 11) is 0. The van der Waals surface area contributed by atoms with Gasteiger partial charge in [0, 0.05) is 5.57 Å². The predicted octanol–water partition coefficient (Wildman–Crippen LogP) is 9.57. The Labute approximate surface area is 228 Å². The fourth-order valence-electron chi connectivity index (χ4n) is 5.02. The molecule has 0 atom stereocenters. The van der Waals surface area contributed by atoms with E-state index in [-0.39, 0.29) is 4.49 Å². The molecule has 0 aliphatic rings.